The molecule has 1 aromatic carbocycles. The molecule has 0 fully saturated rings. The van der Waals surface area contributed by atoms with E-state index in [0.29, 0.717) is 0 Å². The largest absolute Gasteiger partial charge is 0.344 e. The van der Waals surface area contributed by atoms with Gasteiger partial charge in [-0.15, -0.1) is 0 Å². The minimum absolute atomic E-state index is 0. The Morgan fingerprint density at radius 1 is 0.909 bits per heavy atom. The fourth-order valence-corrected chi connectivity index (χ4v) is 3.15. The van der Waals surface area contributed by atoms with Crippen LogP contribution in [-0.4, -0.2) is 15.0 Å². The Morgan fingerprint density at radius 2 is 1.45 bits per heavy atom. The summed E-state index contributed by atoms with van der Waals surface area (Å²) in [5.41, 5.74) is 0. The van der Waals surface area contributed by atoms with Crippen molar-refractivity contribution in [3.8, 4) is 0 Å². The number of benzene rings is 1. The molecule has 0 spiro atoms. The topological polar surface area (TPSA) is 78.4 Å². The molecule has 0 amide bonds. The van der Waals surface area contributed by atoms with Crippen molar-refractivity contribution in [1.29, 1.82) is 0 Å². The van der Waals surface area contributed by atoms with E-state index in [1.165, 1.54) is 25.7 Å². The first kappa shape index (κ1) is 21.1. The van der Waals surface area contributed by atoms with Crippen LogP contribution in [0.5, 0.6) is 0 Å². The Balaban J connectivity index is 0.00000441. The summed E-state index contributed by atoms with van der Waals surface area (Å²) >= 11 is 0. The molecule has 128 valence electrons. The first-order valence-corrected chi connectivity index (χ1v) is 9.37. The lowest BCUT2D eigenvalue weighted by atomic mass is 10.0. The van der Waals surface area contributed by atoms with Crippen LogP contribution in [0, 0.1) is 5.92 Å². The van der Waals surface area contributed by atoms with Gasteiger partial charge in [-0.25, -0.2) is 0 Å². The molecule has 0 heterocycles. The highest BCUT2D eigenvalue weighted by Crippen LogP contribution is 2.14. The molecule has 0 aliphatic rings. The fraction of sp³-hybridized carbons (Fsp3) is 0.647. The predicted molar refractivity (Wildman–Crippen MR) is 91.8 cm³/mol. The summed E-state index contributed by atoms with van der Waals surface area (Å²) in [7, 11) is -3.57. The van der Waals surface area contributed by atoms with Crippen molar-refractivity contribution >= 4 is 10.1 Å². The first-order valence-electron chi connectivity index (χ1n) is 7.97. The second-order valence-corrected chi connectivity index (χ2v) is 7.51. The maximum Gasteiger partial charge on any atom is 0.296 e. The quantitative estimate of drug-likeness (QED) is 0.460. The molecule has 3 N–H and O–H groups in total. The Morgan fingerprint density at radius 3 is 2.05 bits per heavy atom. The zero-order chi connectivity index (χ0) is 15.6. The number of rotatable bonds is 11. The van der Waals surface area contributed by atoms with Crippen molar-refractivity contribution in [2.45, 2.75) is 63.7 Å². The maximum atomic E-state index is 11.8. The van der Waals surface area contributed by atoms with Gasteiger partial charge in [0.25, 0.3) is 10.1 Å². The van der Waals surface area contributed by atoms with Gasteiger partial charge in [-0.2, -0.15) is 8.42 Å². The second kappa shape index (κ2) is 11.6. The monoisotopic (exact) mass is 329 g/mol. The molecule has 0 aliphatic heterocycles. The van der Waals surface area contributed by atoms with Crippen LogP contribution in [-0.2, 0) is 14.3 Å². The van der Waals surface area contributed by atoms with E-state index in [9.17, 15) is 8.42 Å². The highest BCUT2D eigenvalue weighted by atomic mass is 32.2. The van der Waals surface area contributed by atoms with Gasteiger partial charge in [0.15, 0.2) is 0 Å². The average molecular weight is 330 g/mol. The van der Waals surface area contributed by atoms with Gasteiger partial charge in [-0.05, 0) is 24.5 Å². The molecule has 4 nitrogen and oxygen atoms in total. The van der Waals surface area contributed by atoms with Gasteiger partial charge in [0.2, 0.25) is 0 Å². The normalized spacial score (nSPS) is 11.4. The molecule has 5 heteroatoms. The van der Waals surface area contributed by atoms with Crippen LogP contribution in [0.3, 0.4) is 0 Å². The predicted octanol–water partition coefficient (Wildman–Crippen LogP) is 4.94. The minimum atomic E-state index is -3.57. The molecule has 0 radical (unpaired) electrons. The molecule has 0 saturated carbocycles. The molecule has 0 saturated heterocycles. The third-order valence-electron chi connectivity index (χ3n) is 3.45. The molecule has 0 bridgehead atoms. The van der Waals surface area contributed by atoms with Gasteiger partial charge in [0, 0.05) is 0 Å². The molecule has 1 rings (SSSR count). The van der Waals surface area contributed by atoms with Crippen molar-refractivity contribution in [3.05, 3.63) is 30.3 Å². The highest BCUT2D eigenvalue weighted by Gasteiger charge is 2.13. The molecule has 0 aromatic heterocycles. The summed E-state index contributed by atoms with van der Waals surface area (Å²) in [4.78, 5) is 0.235. The molecule has 1 aromatic rings. The van der Waals surface area contributed by atoms with Crippen molar-refractivity contribution in [3.63, 3.8) is 0 Å². The zero-order valence-electron chi connectivity index (χ0n) is 14.0. The molecular weight excluding hydrogens is 298 g/mol. The third kappa shape index (κ3) is 9.18. The molecule has 0 atom stereocenters. The Labute approximate surface area is 136 Å². The fourth-order valence-electron chi connectivity index (χ4n) is 2.19. The Kier molecular flexibility index (Phi) is 11.1. The van der Waals surface area contributed by atoms with Crippen molar-refractivity contribution in [2.75, 3.05) is 6.61 Å². The average Bonchev–Trinajstić information content (AvgIpc) is 2.46. The lowest BCUT2D eigenvalue weighted by molar-refractivity contribution is 0.306. The minimum Gasteiger partial charge on any atom is -0.344 e. The number of unbranched alkanes of at least 4 members (excludes halogenated alkanes) is 5. The molecular formula is C17H31NO3S. The smallest absolute Gasteiger partial charge is 0.296 e. The van der Waals surface area contributed by atoms with Gasteiger partial charge in [-0.1, -0.05) is 70.6 Å². The summed E-state index contributed by atoms with van der Waals surface area (Å²) < 4.78 is 28.7. The SMILES string of the molecule is CC(C)CCCCCCCCOS(=O)(=O)c1ccccc1.N. The third-order valence-corrected chi connectivity index (χ3v) is 4.77. The van der Waals surface area contributed by atoms with E-state index in [1.807, 2.05) is 0 Å². The van der Waals surface area contributed by atoms with Crippen LogP contribution in [0.25, 0.3) is 0 Å². The van der Waals surface area contributed by atoms with Crippen LogP contribution in [0.1, 0.15) is 58.8 Å². The molecule has 0 unspecified atom stereocenters. The second-order valence-electron chi connectivity index (χ2n) is 5.89. The summed E-state index contributed by atoms with van der Waals surface area (Å²) in [6, 6.07) is 8.31. The van der Waals surface area contributed by atoms with Gasteiger partial charge in [-0.3, -0.25) is 4.18 Å². The van der Waals surface area contributed by atoms with E-state index in [1.54, 1.807) is 30.3 Å². The lowest BCUT2D eigenvalue weighted by Gasteiger charge is -2.06. The molecule has 0 aliphatic carbocycles. The summed E-state index contributed by atoms with van der Waals surface area (Å²) in [6.07, 6.45) is 8.11. The van der Waals surface area contributed by atoms with Gasteiger partial charge < -0.3 is 6.15 Å². The summed E-state index contributed by atoms with van der Waals surface area (Å²) in [5.74, 6) is 0.793. The Bertz CT molecular complexity index is 472. The van der Waals surface area contributed by atoms with E-state index < -0.39 is 10.1 Å². The van der Waals surface area contributed by atoms with Crippen LogP contribution in [0.2, 0.25) is 0 Å². The van der Waals surface area contributed by atoms with Crippen LogP contribution >= 0.6 is 0 Å². The van der Waals surface area contributed by atoms with Crippen molar-refractivity contribution in [1.82, 2.24) is 6.15 Å². The zero-order valence-corrected chi connectivity index (χ0v) is 14.8. The van der Waals surface area contributed by atoms with Crippen molar-refractivity contribution < 1.29 is 12.6 Å². The van der Waals surface area contributed by atoms with Gasteiger partial charge in [0.1, 0.15) is 0 Å². The van der Waals surface area contributed by atoms with E-state index >= 15 is 0 Å². The summed E-state index contributed by atoms with van der Waals surface area (Å²) in [5, 5.41) is 0. The van der Waals surface area contributed by atoms with E-state index in [4.69, 9.17) is 4.18 Å². The van der Waals surface area contributed by atoms with Crippen molar-refractivity contribution in [2.24, 2.45) is 5.92 Å². The van der Waals surface area contributed by atoms with E-state index in [-0.39, 0.29) is 17.7 Å². The molecule has 22 heavy (non-hydrogen) atoms. The van der Waals surface area contributed by atoms with Gasteiger partial charge >= 0.3 is 0 Å². The van der Waals surface area contributed by atoms with Crippen LogP contribution in [0.15, 0.2) is 35.2 Å². The maximum absolute atomic E-state index is 11.8. The first-order chi connectivity index (χ1) is 10.0. The van der Waals surface area contributed by atoms with E-state index in [2.05, 4.69) is 13.8 Å². The standard InChI is InChI=1S/C17H28O3S.H3N/c1-16(2)12-8-5-3-4-6-11-15-20-21(18,19)17-13-9-7-10-14-17;/h7,9-10,13-14,16H,3-6,8,11-12,15H2,1-2H3;1H3. The van der Waals surface area contributed by atoms with Crippen LogP contribution < -0.4 is 6.15 Å². The highest BCUT2D eigenvalue weighted by molar-refractivity contribution is 7.86. The Hall–Kier alpha value is -0.910. The van der Waals surface area contributed by atoms with E-state index in [0.717, 1.165) is 25.2 Å². The lowest BCUT2D eigenvalue weighted by Crippen LogP contribution is -2.07. The summed E-state index contributed by atoms with van der Waals surface area (Å²) in [6.45, 7) is 4.79. The van der Waals surface area contributed by atoms with Gasteiger partial charge in [0.05, 0.1) is 11.5 Å². The number of hydrogen-bond donors (Lipinski definition) is 1. The number of hydrogen-bond acceptors (Lipinski definition) is 4. The van der Waals surface area contributed by atoms with Crippen LogP contribution in [0.4, 0.5) is 0 Å².